The predicted molar refractivity (Wildman–Crippen MR) is 94.3 cm³/mol. The van der Waals surface area contributed by atoms with Gasteiger partial charge in [0, 0.05) is 18.8 Å². The first-order valence-corrected chi connectivity index (χ1v) is 10.1. The lowest BCUT2D eigenvalue weighted by Crippen LogP contribution is -2.42. The zero-order valence-corrected chi connectivity index (χ0v) is 15.6. The standard InChI is InChI=1S/C17H23FN2O5S/c1-3-26(23,24)20-9-7-13(8-10-20)17(22)25-12(2)16(21)19-15-6-4-5-14(18)11-15/h4-6,11-13H,3,7-10H2,1-2H3,(H,19,21). The summed E-state index contributed by atoms with van der Waals surface area (Å²) in [6.45, 7) is 3.54. The molecule has 26 heavy (non-hydrogen) atoms. The molecule has 1 N–H and O–H groups in total. The van der Waals surface area contributed by atoms with Crippen molar-refractivity contribution >= 4 is 27.6 Å². The van der Waals surface area contributed by atoms with Crippen molar-refractivity contribution in [2.24, 2.45) is 5.92 Å². The van der Waals surface area contributed by atoms with E-state index in [2.05, 4.69) is 5.32 Å². The van der Waals surface area contributed by atoms with Gasteiger partial charge < -0.3 is 10.1 Å². The lowest BCUT2D eigenvalue weighted by Gasteiger charge is -2.30. The maximum atomic E-state index is 13.1. The number of amides is 1. The average Bonchev–Trinajstić information content (AvgIpc) is 2.61. The second-order valence-electron chi connectivity index (χ2n) is 6.15. The van der Waals surface area contributed by atoms with Gasteiger partial charge in [-0.2, -0.15) is 0 Å². The molecule has 1 heterocycles. The molecule has 1 aliphatic heterocycles. The Bertz CT molecular complexity index is 760. The molecule has 0 radical (unpaired) electrons. The van der Waals surface area contributed by atoms with Gasteiger partial charge in [0.25, 0.3) is 5.91 Å². The van der Waals surface area contributed by atoms with E-state index in [-0.39, 0.29) is 24.5 Å². The molecule has 9 heteroatoms. The summed E-state index contributed by atoms with van der Waals surface area (Å²) >= 11 is 0. The Morgan fingerprint density at radius 2 is 2.00 bits per heavy atom. The summed E-state index contributed by atoms with van der Waals surface area (Å²) in [4.78, 5) is 24.3. The number of nitrogens with zero attached hydrogens (tertiary/aromatic N) is 1. The van der Waals surface area contributed by atoms with E-state index < -0.39 is 39.7 Å². The van der Waals surface area contributed by atoms with Gasteiger partial charge in [-0.1, -0.05) is 6.07 Å². The molecule has 1 fully saturated rings. The Labute approximate surface area is 152 Å². The van der Waals surface area contributed by atoms with Crippen LogP contribution in [0.4, 0.5) is 10.1 Å². The number of anilines is 1. The van der Waals surface area contributed by atoms with Crippen LogP contribution in [0.5, 0.6) is 0 Å². The number of nitrogens with one attached hydrogen (secondary N) is 1. The Kier molecular flexibility index (Phi) is 6.71. The van der Waals surface area contributed by atoms with Crippen molar-refractivity contribution < 1.29 is 27.1 Å². The topological polar surface area (TPSA) is 92.8 Å². The molecule has 1 aromatic rings. The molecule has 1 atom stereocenters. The zero-order chi connectivity index (χ0) is 19.3. The molecule has 0 bridgehead atoms. The summed E-state index contributed by atoms with van der Waals surface area (Å²) in [6, 6.07) is 5.40. The Balaban J connectivity index is 1.84. The van der Waals surface area contributed by atoms with Crippen LogP contribution in [0.25, 0.3) is 0 Å². The van der Waals surface area contributed by atoms with Crippen molar-refractivity contribution in [3.63, 3.8) is 0 Å². The molecule has 7 nitrogen and oxygen atoms in total. The van der Waals surface area contributed by atoms with E-state index in [4.69, 9.17) is 4.74 Å². The number of rotatable bonds is 6. The fraction of sp³-hybridized carbons (Fsp3) is 0.529. The van der Waals surface area contributed by atoms with Gasteiger partial charge >= 0.3 is 5.97 Å². The van der Waals surface area contributed by atoms with Gasteiger partial charge in [-0.05, 0) is 44.9 Å². The summed E-state index contributed by atoms with van der Waals surface area (Å²) in [5.74, 6) is -1.99. The van der Waals surface area contributed by atoms with Crippen LogP contribution in [0.1, 0.15) is 26.7 Å². The smallest absolute Gasteiger partial charge is 0.309 e. The molecule has 0 spiro atoms. The number of sulfonamides is 1. The third-order valence-corrected chi connectivity index (χ3v) is 6.18. The van der Waals surface area contributed by atoms with Crippen molar-refractivity contribution in [1.82, 2.24) is 4.31 Å². The first kappa shape index (κ1) is 20.3. The summed E-state index contributed by atoms with van der Waals surface area (Å²) in [6.07, 6.45) is -0.324. The third kappa shape index (κ3) is 5.25. The summed E-state index contributed by atoms with van der Waals surface area (Å²) in [5, 5.41) is 2.48. The fourth-order valence-corrected chi connectivity index (χ4v) is 3.82. The second-order valence-corrected chi connectivity index (χ2v) is 8.41. The highest BCUT2D eigenvalue weighted by Crippen LogP contribution is 2.22. The van der Waals surface area contributed by atoms with Gasteiger partial charge in [0.1, 0.15) is 5.82 Å². The number of hydrogen-bond donors (Lipinski definition) is 1. The van der Waals surface area contributed by atoms with E-state index in [1.807, 2.05) is 0 Å². The van der Waals surface area contributed by atoms with E-state index in [1.54, 1.807) is 6.92 Å². The van der Waals surface area contributed by atoms with Gasteiger partial charge in [-0.25, -0.2) is 17.1 Å². The number of halogens is 1. The third-order valence-electron chi connectivity index (χ3n) is 4.30. The molecule has 0 saturated carbocycles. The van der Waals surface area contributed by atoms with Crippen molar-refractivity contribution in [3.05, 3.63) is 30.1 Å². The average molecular weight is 386 g/mol. The zero-order valence-electron chi connectivity index (χ0n) is 14.8. The van der Waals surface area contributed by atoms with E-state index in [1.165, 1.54) is 29.4 Å². The van der Waals surface area contributed by atoms with Crippen LogP contribution in [0.3, 0.4) is 0 Å². The number of hydrogen-bond acceptors (Lipinski definition) is 5. The van der Waals surface area contributed by atoms with E-state index in [9.17, 15) is 22.4 Å². The number of carbonyl (C=O) groups is 2. The first-order valence-electron chi connectivity index (χ1n) is 8.47. The largest absolute Gasteiger partial charge is 0.452 e. The molecule has 1 aromatic carbocycles. The molecule has 2 rings (SSSR count). The number of benzene rings is 1. The number of piperidine rings is 1. The normalized spacial score (nSPS) is 17.5. The molecule has 144 valence electrons. The maximum Gasteiger partial charge on any atom is 0.309 e. The number of carbonyl (C=O) groups excluding carboxylic acids is 2. The molecular weight excluding hydrogens is 363 g/mol. The lowest BCUT2D eigenvalue weighted by molar-refractivity contribution is -0.158. The van der Waals surface area contributed by atoms with Crippen LogP contribution in [0.15, 0.2) is 24.3 Å². The van der Waals surface area contributed by atoms with Gasteiger partial charge in [-0.3, -0.25) is 9.59 Å². The van der Waals surface area contributed by atoms with Gasteiger partial charge in [0.2, 0.25) is 10.0 Å². The van der Waals surface area contributed by atoms with Crippen LogP contribution in [-0.4, -0.2) is 49.5 Å². The van der Waals surface area contributed by atoms with Crippen LogP contribution < -0.4 is 5.32 Å². The minimum atomic E-state index is -3.26. The minimum Gasteiger partial charge on any atom is -0.452 e. The second kappa shape index (κ2) is 8.59. The number of ether oxygens (including phenoxy) is 1. The van der Waals surface area contributed by atoms with Crippen molar-refractivity contribution in [3.8, 4) is 0 Å². The van der Waals surface area contributed by atoms with Gasteiger partial charge in [-0.15, -0.1) is 0 Å². The Morgan fingerprint density at radius 3 is 2.58 bits per heavy atom. The van der Waals surface area contributed by atoms with Gasteiger partial charge in [0.05, 0.1) is 11.7 Å². The summed E-state index contributed by atoms with van der Waals surface area (Å²) in [7, 11) is -3.26. The van der Waals surface area contributed by atoms with Crippen LogP contribution in [0.2, 0.25) is 0 Å². The lowest BCUT2D eigenvalue weighted by atomic mass is 9.98. The number of esters is 1. The van der Waals surface area contributed by atoms with E-state index in [0.717, 1.165) is 6.07 Å². The van der Waals surface area contributed by atoms with Crippen LogP contribution >= 0.6 is 0 Å². The first-order chi connectivity index (χ1) is 12.2. The quantitative estimate of drug-likeness (QED) is 0.752. The molecular formula is C17H23FN2O5S. The summed E-state index contributed by atoms with van der Waals surface area (Å²) < 4.78 is 43.3. The SMILES string of the molecule is CCS(=O)(=O)N1CCC(C(=O)OC(C)C(=O)Nc2cccc(F)c2)CC1. The minimum absolute atomic E-state index is 0.0272. The van der Waals surface area contributed by atoms with Gasteiger partial charge in [0.15, 0.2) is 6.10 Å². The highest BCUT2D eigenvalue weighted by Gasteiger charge is 2.32. The Morgan fingerprint density at radius 1 is 1.35 bits per heavy atom. The fourth-order valence-electron chi connectivity index (χ4n) is 2.69. The molecule has 1 unspecified atom stereocenters. The highest BCUT2D eigenvalue weighted by atomic mass is 32.2. The van der Waals surface area contributed by atoms with E-state index >= 15 is 0 Å². The maximum absolute atomic E-state index is 13.1. The van der Waals surface area contributed by atoms with E-state index in [0.29, 0.717) is 12.8 Å². The van der Waals surface area contributed by atoms with Crippen molar-refractivity contribution in [2.45, 2.75) is 32.8 Å². The Hall–Kier alpha value is -2.00. The molecule has 1 amide bonds. The van der Waals surface area contributed by atoms with Crippen molar-refractivity contribution in [2.75, 3.05) is 24.2 Å². The van der Waals surface area contributed by atoms with Crippen LogP contribution in [0, 0.1) is 11.7 Å². The molecule has 1 aliphatic rings. The van der Waals surface area contributed by atoms with Crippen LogP contribution in [-0.2, 0) is 24.3 Å². The summed E-state index contributed by atoms with van der Waals surface area (Å²) in [5.41, 5.74) is 0.274. The highest BCUT2D eigenvalue weighted by molar-refractivity contribution is 7.89. The van der Waals surface area contributed by atoms with Crippen molar-refractivity contribution in [1.29, 1.82) is 0 Å². The molecule has 0 aromatic heterocycles. The molecule has 0 aliphatic carbocycles. The monoisotopic (exact) mass is 386 g/mol. The molecule has 1 saturated heterocycles. The predicted octanol–water partition coefficient (Wildman–Crippen LogP) is 1.76.